The van der Waals surface area contributed by atoms with E-state index in [9.17, 15) is 0 Å². The van der Waals surface area contributed by atoms with E-state index in [1.54, 1.807) is 6.20 Å². The molecule has 0 aliphatic carbocycles. The molecule has 1 heterocycles. The molecular formula is C10H18N4O. The molecular weight excluding hydrogens is 192 g/mol. The van der Waals surface area contributed by atoms with Crippen LogP contribution in [0.25, 0.3) is 0 Å². The zero-order chi connectivity index (χ0) is 11.1. The molecule has 0 aromatic carbocycles. The number of nitrogens with one attached hydrogen (secondary N) is 1. The molecule has 0 atom stereocenters. The third kappa shape index (κ3) is 4.60. The lowest BCUT2D eigenvalue weighted by Gasteiger charge is -2.09. The molecule has 84 valence electrons. The number of nitrogen functional groups attached to an aromatic ring is 1. The molecule has 0 unspecified atom stereocenters. The lowest BCUT2D eigenvalue weighted by Crippen LogP contribution is -2.13. The van der Waals surface area contributed by atoms with E-state index in [1.807, 2.05) is 0 Å². The summed E-state index contributed by atoms with van der Waals surface area (Å²) < 4.78 is 5.41. The molecule has 1 aromatic heterocycles. The van der Waals surface area contributed by atoms with Gasteiger partial charge in [-0.2, -0.15) is 0 Å². The molecule has 0 saturated heterocycles. The third-order valence-electron chi connectivity index (χ3n) is 1.73. The van der Waals surface area contributed by atoms with Crippen molar-refractivity contribution in [1.82, 2.24) is 9.97 Å². The van der Waals surface area contributed by atoms with Gasteiger partial charge in [-0.05, 0) is 5.92 Å². The molecule has 15 heavy (non-hydrogen) atoms. The van der Waals surface area contributed by atoms with Gasteiger partial charge < -0.3 is 15.8 Å². The first kappa shape index (κ1) is 11.7. The van der Waals surface area contributed by atoms with Crippen molar-refractivity contribution in [3.05, 3.63) is 12.5 Å². The average Bonchev–Trinajstić information content (AvgIpc) is 2.20. The summed E-state index contributed by atoms with van der Waals surface area (Å²) in [6, 6.07) is 0. The van der Waals surface area contributed by atoms with Gasteiger partial charge >= 0.3 is 0 Å². The number of nitrogens with two attached hydrogens (primary N) is 1. The minimum atomic E-state index is 0.557. The Bertz CT molecular complexity index is 291. The lowest BCUT2D eigenvalue weighted by molar-refractivity contribution is 0.118. The molecule has 0 aliphatic rings. The number of aromatic nitrogens is 2. The van der Waals surface area contributed by atoms with Gasteiger partial charge in [0.2, 0.25) is 0 Å². The highest BCUT2D eigenvalue weighted by Crippen LogP contribution is 2.10. The Balaban J connectivity index is 2.18. The van der Waals surface area contributed by atoms with Crippen LogP contribution in [0.4, 0.5) is 11.5 Å². The fourth-order valence-corrected chi connectivity index (χ4v) is 1.05. The first-order valence-corrected chi connectivity index (χ1v) is 5.07. The summed E-state index contributed by atoms with van der Waals surface area (Å²) in [5.74, 6) is 1.23. The molecule has 1 rings (SSSR count). The van der Waals surface area contributed by atoms with Gasteiger partial charge in [0.1, 0.15) is 6.33 Å². The van der Waals surface area contributed by atoms with Crippen LogP contribution in [0, 0.1) is 5.92 Å². The quantitative estimate of drug-likeness (QED) is 0.689. The maximum atomic E-state index is 5.66. The van der Waals surface area contributed by atoms with Crippen molar-refractivity contribution in [3.63, 3.8) is 0 Å². The summed E-state index contributed by atoms with van der Waals surface area (Å²) in [4.78, 5) is 7.81. The molecule has 0 fully saturated rings. The summed E-state index contributed by atoms with van der Waals surface area (Å²) in [6.45, 7) is 6.38. The summed E-state index contributed by atoms with van der Waals surface area (Å²) >= 11 is 0. The average molecular weight is 210 g/mol. The Morgan fingerprint density at radius 1 is 1.53 bits per heavy atom. The first-order valence-electron chi connectivity index (χ1n) is 5.07. The van der Waals surface area contributed by atoms with Crippen LogP contribution in [-0.4, -0.2) is 29.7 Å². The number of hydrogen-bond acceptors (Lipinski definition) is 5. The van der Waals surface area contributed by atoms with Crippen LogP contribution in [-0.2, 0) is 4.74 Å². The highest BCUT2D eigenvalue weighted by atomic mass is 16.5. The van der Waals surface area contributed by atoms with E-state index in [1.165, 1.54) is 6.33 Å². The van der Waals surface area contributed by atoms with Gasteiger partial charge in [-0.15, -0.1) is 0 Å². The van der Waals surface area contributed by atoms with E-state index < -0.39 is 0 Å². The topological polar surface area (TPSA) is 73.1 Å². The van der Waals surface area contributed by atoms with Gasteiger partial charge in [0.05, 0.1) is 18.5 Å². The Kier molecular flexibility index (Phi) is 4.83. The number of ether oxygens (including phenoxy) is 1. The van der Waals surface area contributed by atoms with Crippen LogP contribution >= 0.6 is 0 Å². The monoisotopic (exact) mass is 210 g/mol. The van der Waals surface area contributed by atoms with Crippen LogP contribution in [0.15, 0.2) is 12.5 Å². The maximum absolute atomic E-state index is 5.66. The fourth-order valence-electron chi connectivity index (χ4n) is 1.05. The SMILES string of the molecule is CC(C)COCCNc1ncncc1N. The van der Waals surface area contributed by atoms with Crippen LogP contribution in [0.1, 0.15) is 13.8 Å². The lowest BCUT2D eigenvalue weighted by atomic mass is 10.2. The van der Waals surface area contributed by atoms with Crippen LogP contribution < -0.4 is 11.1 Å². The van der Waals surface area contributed by atoms with Crippen molar-refractivity contribution in [2.75, 3.05) is 30.8 Å². The van der Waals surface area contributed by atoms with Crippen molar-refractivity contribution in [3.8, 4) is 0 Å². The molecule has 0 radical (unpaired) electrons. The van der Waals surface area contributed by atoms with E-state index in [2.05, 4.69) is 29.1 Å². The predicted molar refractivity (Wildman–Crippen MR) is 60.6 cm³/mol. The Morgan fingerprint density at radius 2 is 2.33 bits per heavy atom. The fraction of sp³-hybridized carbons (Fsp3) is 0.600. The normalized spacial score (nSPS) is 10.6. The van der Waals surface area contributed by atoms with Crippen molar-refractivity contribution in [2.24, 2.45) is 5.92 Å². The van der Waals surface area contributed by atoms with E-state index in [0.29, 0.717) is 30.6 Å². The molecule has 3 N–H and O–H groups in total. The Morgan fingerprint density at radius 3 is 3.00 bits per heavy atom. The van der Waals surface area contributed by atoms with Crippen molar-refractivity contribution in [2.45, 2.75) is 13.8 Å². The second-order valence-corrected chi connectivity index (χ2v) is 3.72. The zero-order valence-electron chi connectivity index (χ0n) is 9.23. The molecule has 1 aromatic rings. The predicted octanol–water partition coefficient (Wildman–Crippen LogP) is 1.14. The minimum absolute atomic E-state index is 0.557. The number of hydrogen-bond donors (Lipinski definition) is 2. The molecule has 0 spiro atoms. The summed E-state index contributed by atoms with van der Waals surface area (Å²) in [5.41, 5.74) is 6.21. The van der Waals surface area contributed by atoms with Crippen LogP contribution in [0.3, 0.4) is 0 Å². The van der Waals surface area contributed by atoms with Gasteiger partial charge in [-0.3, -0.25) is 0 Å². The van der Waals surface area contributed by atoms with Crippen LogP contribution in [0.5, 0.6) is 0 Å². The van der Waals surface area contributed by atoms with Crippen molar-refractivity contribution < 1.29 is 4.74 Å². The summed E-state index contributed by atoms with van der Waals surface area (Å²) in [6.07, 6.45) is 3.04. The first-order chi connectivity index (χ1) is 7.20. The molecule has 0 amide bonds. The number of anilines is 2. The van der Waals surface area contributed by atoms with Gasteiger partial charge in [-0.1, -0.05) is 13.8 Å². The largest absolute Gasteiger partial charge is 0.394 e. The zero-order valence-corrected chi connectivity index (χ0v) is 9.23. The molecule has 0 bridgehead atoms. The standard InChI is InChI=1S/C10H18N4O/c1-8(2)6-15-4-3-13-10-9(11)5-12-7-14-10/h5,7-8H,3-4,6,11H2,1-2H3,(H,12,13,14). The van der Waals surface area contributed by atoms with E-state index in [-0.39, 0.29) is 0 Å². The molecule has 0 aliphatic heterocycles. The van der Waals surface area contributed by atoms with Gasteiger partial charge in [0, 0.05) is 13.2 Å². The summed E-state index contributed by atoms with van der Waals surface area (Å²) in [5, 5.41) is 3.09. The molecule has 5 nitrogen and oxygen atoms in total. The van der Waals surface area contributed by atoms with Crippen LogP contribution in [0.2, 0.25) is 0 Å². The Labute approximate surface area is 90.1 Å². The molecule has 5 heteroatoms. The van der Waals surface area contributed by atoms with Gasteiger partial charge in [0.25, 0.3) is 0 Å². The second-order valence-electron chi connectivity index (χ2n) is 3.72. The summed E-state index contributed by atoms with van der Waals surface area (Å²) in [7, 11) is 0. The number of rotatable bonds is 6. The highest BCUT2D eigenvalue weighted by Gasteiger charge is 1.98. The number of nitrogens with zero attached hydrogens (tertiary/aromatic N) is 2. The smallest absolute Gasteiger partial charge is 0.152 e. The van der Waals surface area contributed by atoms with Crippen molar-refractivity contribution >= 4 is 11.5 Å². The second kappa shape index (κ2) is 6.19. The van der Waals surface area contributed by atoms with E-state index >= 15 is 0 Å². The highest BCUT2D eigenvalue weighted by molar-refractivity contribution is 5.58. The molecule has 0 saturated carbocycles. The maximum Gasteiger partial charge on any atom is 0.152 e. The van der Waals surface area contributed by atoms with E-state index in [4.69, 9.17) is 10.5 Å². The van der Waals surface area contributed by atoms with Gasteiger partial charge in [0.15, 0.2) is 5.82 Å². The van der Waals surface area contributed by atoms with Crippen molar-refractivity contribution in [1.29, 1.82) is 0 Å². The Hall–Kier alpha value is -1.36. The minimum Gasteiger partial charge on any atom is -0.394 e. The third-order valence-corrected chi connectivity index (χ3v) is 1.73. The van der Waals surface area contributed by atoms with E-state index in [0.717, 1.165) is 6.61 Å². The van der Waals surface area contributed by atoms with Gasteiger partial charge in [-0.25, -0.2) is 9.97 Å².